The molecule has 0 atom stereocenters. The van der Waals surface area contributed by atoms with E-state index in [2.05, 4.69) is 10.3 Å². The van der Waals surface area contributed by atoms with Gasteiger partial charge in [-0.1, -0.05) is 24.3 Å². The number of hydrogen-bond donors (Lipinski definition) is 1. The summed E-state index contributed by atoms with van der Waals surface area (Å²) in [6.07, 6.45) is 4.06. The molecule has 28 heavy (non-hydrogen) atoms. The highest BCUT2D eigenvalue weighted by atomic mass is 16.5. The Morgan fingerprint density at radius 2 is 1.82 bits per heavy atom. The maximum Gasteiger partial charge on any atom is 0.337 e. The first-order valence-corrected chi connectivity index (χ1v) is 8.96. The molecule has 1 aromatic heterocycles. The second kappa shape index (κ2) is 7.52. The summed E-state index contributed by atoms with van der Waals surface area (Å²) in [7, 11) is 1.35. The van der Waals surface area contributed by atoms with E-state index in [9.17, 15) is 9.59 Å². The van der Waals surface area contributed by atoms with Gasteiger partial charge >= 0.3 is 5.97 Å². The van der Waals surface area contributed by atoms with Crippen LogP contribution in [0.2, 0.25) is 0 Å². The van der Waals surface area contributed by atoms with Crippen LogP contribution in [0.4, 0.5) is 17.1 Å². The van der Waals surface area contributed by atoms with Crippen molar-refractivity contribution in [1.29, 1.82) is 0 Å². The molecule has 6 nitrogen and oxygen atoms in total. The monoisotopic (exact) mass is 373 g/mol. The fourth-order valence-electron chi connectivity index (χ4n) is 3.34. The number of carbonyl (C=O) groups excluding carboxylic acids is 2. The van der Waals surface area contributed by atoms with Crippen molar-refractivity contribution in [2.24, 2.45) is 0 Å². The van der Waals surface area contributed by atoms with Gasteiger partial charge in [-0.25, -0.2) is 4.79 Å². The second-order valence-corrected chi connectivity index (χ2v) is 6.50. The Morgan fingerprint density at radius 1 is 1.00 bits per heavy atom. The van der Waals surface area contributed by atoms with Crippen molar-refractivity contribution < 1.29 is 14.3 Å². The number of para-hydroxylation sites is 1. The van der Waals surface area contributed by atoms with Gasteiger partial charge < -0.3 is 15.0 Å². The normalized spacial score (nSPS) is 12.4. The lowest BCUT2D eigenvalue weighted by Gasteiger charge is -2.17. The van der Waals surface area contributed by atoms with Gasteiger partial charge in [0, 0.05) is 24.1 Å². The average Bonchev–Trinajstić information content (AvgIpc) is 3.17. The summed E-state index contributed by atoms with van der Waals surface area (Å²) in [6.45, 7) is 0.664. The largest absolute Gasteiger partial charge is 0.465 e. The molecule has 0 fully saturated rings. The molecular formula is C22H19N3O3. The fourth-order valence-corrected chi connectivity index (χ4v) is 3.34. The molecule has 1 aliphatic heterocycles. The van der Waals surface area contributed by atoms with Crippen LogP contribution in [0.3, 0.4) is 0 Å². The van der Waals surface area contributed by atoms with E-state index in [0.29, 0.717) is 29.0 Å². The summed E-state index contributed by atoms with van der Waals surface area (Å²) in [5.41, 5.74) is 4.46. The minimum atomic E-state index is -0.404. The number of hydrogen-bond acceptors (Lipinski definition) is 5. The van der Waals surface area contributed by atoms with Crippen LogP contribution in [0.5, 0.6) is 0 Å². The van der Waals surface area contributed by atoms with Crippen molar-refractivity contribution in [3.63, 3.8) is 0 Å². The average molecular weight is 373 g/mol. The molecule has 0 spiro atoms. The first-order valence-electron chi connectivity index (χ1n) is 8.96. The highest BCUT2D eigenvalue weighted by Gasteiger charge is 2.25. The van der Waals surface area contributed by atoms with E-state index in [4.69, 9.17) is 4.74 Å². The Balaban J connectivity index is 1.56. The van der Waals surface area contributed by atoms with E-state index in [1.165, 1.54) is 12.7 Å². The van der Waals surface area contributed by atoms with E-state index in [1.54, 1.807) is 41.6 Å². The lowest BCUT2D eigenvalue weighted by Crippen LogP contribution is -2.29. The zero-order valence-electron chi connectivity index (χ0n) is 15.4. The number of anilines is 3. The molecule has 1 aliphatic rings. The summed E-state index contributed by atoms with van der Waals surface area (Å²) in [5, 5.41) is 3.19. The number of methoxy groups -OCH3 is 1. The quantitative estimate of drug-likeness (QED) is 0.704. The second-order valence-electron chi connectivity index (χ2n) is 6.50. The lowest BCUT2D eigenvalue weighted by atomic mass is 10.1. The number of benzene rings is 2. The van der Waals surface area contributed by atoms with Crippen LogP contribution in [0.25, 0.3) is 0 Å². The molecule has 0 bridgehead atoms. The number of amides is 1. The van der Waals surface area contributed by atoms with Crippen LogP contribution >= 0.6 is 0 Å². The molecule has 140 valence electrons. The van der Waals surface area contributed by atoms with Crippen LogP contribution in [-0.4, -0.2) is 30.5 Å². The van der Waals surface area contributed by atoms with Gasteiger partial charge in [0.2, 0.25) is 0 Å². The Kier molecular flexibility index (Phi) is 4.76. The lowest BCUT2D eigenvalue weighted by molar-refractivity contribution is 0.0600. The number of aromatic nitrogens is 1. The van der Waals surface area contributed by atoms with E-state index in [0.717, 1.165) is 12.1 Å². The molecule has 0 aliphatic carbocycles. The summed E-state index contributed by atoms with van der Waals surface area (Å²) in [5.74, 6) is -0.484. The zero-order chi connectivity index (χ0) is 19.5. The van der Waals surface area contributed by atoms with Crippen LogP contribution in [0.15, 0.2) is 67.0 Å². The van der Waals surface area contributed by atoms with Crippen LogP contribution in [0.1, 0.15) is 26.3 Å². The highest BCUT2D eigenvalue weighted by molar-refractivity contribution is 6.07. The molecule has 4 rings (SSSR count). The van der Waals surface area contributed by atoms with Crippen molar-refractivity contribution in [3.05, 3.63) is 83.7 Å². The van der Waals surface area contributed by atoms with Crippen LogP contribution in [0, 0.1) is 0 Å². The third-order valence-electron chi connectivity index (χ3n) is 4.69. The van der Waals surface area contributed by atoms with E-state index < -0.39 is 5.97 Å². The summed E-state index contributed by atoms with van der Waals surface area (Å²) in [6, 6.07) is 16.7. The molecule has 3 aromatic rings. The molecular weight excluding hydrogens is 354 g/mol. The molecule has 1 amide bonds. The third kappa shape index (κ3) is 3.44. The van der Waals surface area contributed by atoms with Crippen molar-refractivity contribution in [1.82, 2.24) is 4.98 Å². The Morgan fingerprint density at radius 3 is 2.68 bits per heavy atom. The van der Waals surface area contributed by atoms with Gasteiger partial charge in [-0.3, -0.25) is 9.78 Å². The van der Waals surface area contributed by atoms with Crippen molar-refractivity contribution >= 4 is 28.9 Å². The van der Waals surface area contributed by atoms with Crippen LogP contribution in [-0.2, 0) is 11.2 Å². The number of fused-ring (bicyclic) bond motifs is 1. The van der Waals surface area contributed by atoms with Crippen molar-refractivity contribution in [2.45, 2.75) is 6.42 Å². The molecule has 0 radical (unpaired) electrons. The Bertz CT molecular complexity index is 1050. The summed E-state index contributed by atoms with van der Waals surface area (Å²) in [4.78, 5) is 30.7. The smallest absolute Gasteiger partial charge is 0.337 e. The van der Waals surface area contributed by atoms with E-state index in [-0.39, 0.29) is 5.91 Å². The molecule has 1 N–H and O–H groups in total. The SMILES string of the molecule is COC(=O)c1cccc(Nc2cncc(C(=O)N3CCc4ccccc43)c2)c1. The first-order chi connectivity index (χ1) is 13.7. The van der Waals surface area contributed by atoms with Crippen molar-refractivity contribution in [3.8, 4) is 0 Å². The standard InChI is InChI=1S/C22H19N3O3/c1-28-22(27)16-6-4-7-18(11-16)24-19-12-17(13-23-14-19)21(26)25-10-9-15-5-2-3-8-20(15)25/h2-8,11-14,24H,9-10H2,1H3. The topological polar surface area (TPSA) is 71.5 Å². The van der Waals surface area contributed by atoms with E-state index >= 15 is 0 Å². The van der Waals surface area contributed by atoms with Gasteiger partial charge in [0.25, 0.3) is 5.91 Å². The van der Waals surface area contributed by atoms with Crippen molar-refractivity contribution in [2.75, 3.05) is 23.9 Å². The Labute approximate surface area is 162 Å². The number of nitrogens with one attached hydrogen (secondary N) is 1. The van der Waals surface area contributed by atoms with Gasteiger partial charge in [-0.05, 0) is 42.3 Å². The number of carbonyl (C=O) groups is 2. The third-order valence-corrected chi connectivity index (χ3v) is 4.69. The van der Waals surface area contributed by atoms with Gasteiger partial charge in [0.15, 0.2) is 0 Å². The first kappa shape index (κ1) is 17.7. The Hall–Kier alpha value is -3.67. The molecule has 0 unspecified atom stereocenters. The predicted octanol–water partition coefficient (Wildman–Crippen LogP) is 3.81. The van der Waals surface area contributed by atoms with Gasteiger partial charge in [-0.2, -0.15) is 0 Å². The van der Waals surface area contributed by atoms with Gasteiger partial charge in [0.05, 0.1) is 30.1 Å². The fraction of sp³-hybridized carbons (Fsp3) is 0.136. The minimum Gasteiger partial charge on any atom is -0.465 e. The predicted molar refractivity (Wildman–Crippen MR) is 107 cm³/mol. The molecule has 2 heterocycles. The molecule has 0 saturated heterocycles. The molecule has 6 heteroatoms. The number of ether oxygens (including phenoxy) is 1. The molecule has 2 aromatic carbocycles. The maximum atomic E-state index is 13.0. The highest BCUT2D eigenvalue weighted by Crippen LogP contribution is 2.29. The maximum absolute atomic E-state index is 13.0. The van der Waals surface area contributed by atoms with Gasteiger partial charge in [0.1, 0.15) is 0 Å². The summed E-state index contributed by atoms with van der Waals surface area (Å²) < 4.78 is 4.75. The minimum absolute atomic E-state index is 0.0792. The zero-order valence-corrected chi connectivity index (χ0v) is 15.4. The molecule has 0 saturated carbocycles. The van der Waals surface area contributed by atoms with Crippen LogP contribution < -0.4 is 10.2 Å². The van der Waals surface area contributed by atoms with Gasteiger partial charge in [-0.15, -0.1) is 0 Å². The summed E-state index contributed by atoms with van der Waals surface area (Å²) >= 11 is 0. The number of nitrogens with zero attached hydrogens (tertiary/aromatic N) is 2. The van der Waals surface area contributed by atoms with E-state index in [1.807, 2.05) is 30.3 Å². The number of esters is 1. The number of pyridine rings is 1. The number of rotatable bonds is 4.